The van der Waals surface area contributed by atoms with Crippen molar-refractivity contribution in [3.8, 4) is 0 Å². The summed E-state index contributed by atoms with van der Waals surface area (Å²) in [5.74, 6) is -3.40. The largest absolute Gasteiger partial charge is 0.478 e. The van der Waals surface area contributed by atoms with Gasteiger partial charge in [0.2, 0.25) is 0 Å². The third kappa shape index (κ3) is 8.59. The third-order valence-corrected chi connectivity index (χ3v) is 4.22. The van der Waals surface area contributed by atoms with Crippen molar-refractivity contribution in [3.05, 3.63) is 70.8 Å². The highest BCUT2D eigenvalue weighted by Gasteiger charge is 2.18. The Morgan fingerprint density at radius 1 is 0.625 bits per heavy atom. The molecule has 2 aromatic carbocycles. The van der Waals surface area contributed by atoms with Gasteiger partial charge in [-0.2, -0.15) is 0 Å². The Morgan fingerprint density at radius 3 is 1.22 bits per heavy atom. The topological polar surface area (TPSA) is 127 Å². The van der Waals surface area contributed by atoms with Crippen LogP contribution in [0.4, 0.5) is 0 Å². The fraction of sp³-hybridized carbons (Fsp3) is 0.333. The van der Waals surface area contributed by atoms with Crippen molar-refractivity contribution in [1.82, 2.24) is 0 Å². The number of carboxylic acid groups (broad SMARTS) is 2. The molecule has 2 aromatic rings. The molecule has 0 saturated carbocycles. The number of carboxylic acids is 2. The number of aromatic carboxylic acids is 2. The second kappa shape index (κ2) is 14.3. The van der Waals surface area contributed by atoms with Crippen LogP contribution < -0.4 is 0 Å². The maximum atomic E-state index is 11.9. The number of unbranched alkanes of at least 4 members (excludes halogenated alkanes) is 2. The first-order chi connectivity index (χ1) is 15.3. The van der Waals surface area contributed by atoms with Crippen molar-refractivity contribution in [3.63, 3.8) is 0 Å². The fourth-order valence-corrected chi connectivity index (χ4v) is 2.47. The van der Waals surface area contributed by atoms with E-state index in [1.165, 1.54) is 24.3 Å². The van der Waals surface area contributed by atoms with E-state index in [4.69, 9.17) is 19.7 Å². The minimum atomic E-state index is -1.23. The molecule has 0 unspecified atom stereocenters. The third-order valence-electron chi connectivity index (χ3n) is 4.22. The first-order valence-corrected chi connectivity index (χ1v) is 10.3. The summed E-state index contributed by atoms with van der Waals surface area (Å²) in [4.78, 5) is 44.8. The van der Waals surface area contributed by atoms with E-state index in [-0.39, 0.29) is 22.3 Å². The highest BCUT2D eigenvalue weighted by molar-refractivity contribution is 6.03. The maximum absolute atomic E-state index is 11.9. The van der Waals surface area contributed by atoms with E-state index in [1.54, 1.807) is 24.3 Å². The lowest BCUT2D eigenvalue weighted by molar-refractivity contribution is 0.0452. The molecule has 0 aromatic heterocycles. The van der Waals surface area contributed by atoms with Crippen LogP contribution in [-0.2, 0) is 9.47 Å². The lowest BCUT2D eigenvalue weighted by Gasteiger charge is -2.09. The molecule has 0 spiro atoms. The summed E-state index contributed by atoms with van der Waals surface area (Å²) >= 11 is 0. The molecule has 0 radical (unpaired) electrons. The number of carbonyl (C=O) groups is 4. The van der Waals surface area contributed by atoms with E-state index in [2.05, 4.69) is 0 Å². The first-order valence-electron chi connectivity index (χ1n) is 10.3. The summed E-state index contributed by atoms with van der Waals surface area (Å²) < 4.78 is 10.3. The van der Waals surface area contributed by atoms with Crippen LogP contribution in [-0.4, -0.2) is 47.3 Å². The van der Waals surface area contributed by atoms with Crippen LogP contribution >= 0.6 is 0 Å². The fourth-order valence-electron chi connectivity index (χ4n) is 2.47. The van der Waals surface area contributed by atoms with Gasteiger partial charge in [-0.3, -0.25) is 0 Å². The van der Waals surface area contributed by atoms with Crippen LogP contribution in [0.5, 0.6) is 0 Å². The predicted molar refractivity (Wildman–Crippen MR) is 117 cm³/mol. The van der Waals surface area contributed by atoms with Crippen LogP contribution in [0.3, 0.4) is 0 Å². The Morgan fingerprint density at radius 2 is 0.938 bits per heavy atom. The number of rotatable bonds is 10. The maximum Gasteiger partial charge on any atom is 0.339 e. The average molecular weight is 444 g/mol. The molecule has 8 nitrogen and oxygen atoms in total. The van der Waals surface area contributed by atoms with E-state index in [9.17, 15) is 19.2 Å². The van der Waals surface area contributed by atoms with E-state index in [0.29, 0.717) is 13.2 Å². The quantitative estimate of drug-likeness (QED) is 0.399. The minimum Gasteiger partial charge on any atom is -0.478 e. The minimum absolute atomic E-state index is 0.190. The zero-order chi connectivity index (χ0) is 23.9. The molecule has 0 aliphatic rings. The number of carbonyl (C=O) groups excluding carboxylic acids is 2. The second-order valence-electron chi connectivity index (χ2n) is 6.68. The van der Waals surface area contributed by atoms with Crippen LogP contribution in [0.1, 0.15) is 81.0 Å². The van der Waals surface area contributed by atoms with Crippen molar-refractivity contribution in [1.29, 1.82) is 0 Å². The van der Waals surface area contributed by atoms with Gasteiger partial charge in [0.05, 0.1) is 35.5 Å². The summed E-state index contributed by atoms with van der Waals surface area (Å²) in [6.45, 7) is 4.78. The molecule has 8 heteroatoms. The van der Waals surface area contributed by atoms with Crippen molar-refractivity contribution < 1.29 is 38.9 Å². The van der Waals surface area contributed by atoms with Gasteiger partial charge < -0.3 is 19.7 Å². The molecule has 0 heterocycles. The monoisotopic (exact) mass is 444 g/mol. The lowest BCUT2D eigenvalue weighted by atomic mass is 10.1. The first kappa shape index (κ1) is 26.4. The van der Waals surface area contributed by atoms with Gasteiger partial charge in [-0.25, -0.2) is 19.2 Å². The van der Waals surface area contributed by atoms with E-state index < -0.39 is 23.9 Å². The van der Waals surface area contributed by atoms with Crippen LogP contribution in [0.2, 0.25) is 0 Å². The molecular formula is C24H28O8. The summed E-state index contributed by atoms with van der Waals surface area (Å²) in [6.07, 6.45) is 3.53. The molecule has 0 bridgehead atoms. The predicted octanol–water partition coefficient (Wildman–Crippen LogP) is 4.68. The summed E-state index contributed by atoms with van der Waals surface area (Å²) in [5.41, 5.74) is 0.158. The summed E-state index contributed by atoms with van der Waals surface area (Å²) in [5, 5.41) is 17.1. The molecular weight excluding hydrogens is 416 g/mol. The Kier molecular flexibility index (Phi) is 11.8. The molecule has 0 aliphatic carbocycles. The van der Waals surface area contributed by atoms with E-state index in [0.717, 1.165) is 25.7 Å². The number of ether oxygens (including phenoxy) is 2. The number of esters is 2. The highest BCUT2D eigenvalue weighted by atomic mass is 16.5. The Balaban J connectivity index is 0.000000363. The molecule has 172 valence electrons. The van der Waals surface area contributed by atoms with Crippen molar-refractivity contribution in [2.75, 3.05) is 13.2 Å². The van der Waals surface area contributed by atoms with Gasteiger partial charge in [-0.15, -0.1) is 0 Å². The molecule has 2 rings (SSSR count). The van der Waals surface area contributed by atoms with Gasteiger partial charge in [0, 0.05) is 0 Å². The number of benzene rings is 2. The van der Waals surface area contributed by atoms with Crippen molar-refractivity contribution in [2.24, 2.45) is 0 Å². The SMILES string of the molecule is CCCCOC(=O)c1ccccc1C(=O)OCCCC.O=C(O)c1ccccc1C(=O)O. The van der Waals surface area contributed by atoms with Gasteiger partial charge >= 0.3 is 23.9 Å². The zero-order valence-electron chi connectivity index (χ0n) is 18.2. The van der Waals surface area contributed by atoms with Gasteiger partial charge in [0.1, 0.15) is 0 Å². The van der Waals surface area contributed by atoms with Crippen molar-refractivity contribution in [2.45, 2.75) is 39.5 Å². The molecule has 0 amide bonds. The van der Waals surface area contributed by atoms with E-state index in [1.807, 2.05) is 13.8 Å². The molecule has 0 atom stereocenters. The normalized spacial score (nSPS) is 9.81. The average Bonchev–Trinajstić information content (AvgIpc) is 2.79. The highest BCUT2D eigenvalue weighted by Crippen LogP contribution is 2.13. The van der Waals surface area contributed by atoms with Gasteiger partial charge in [-0.1, -0.05) is 51.0 Å². The smallest absolute Gasteiger partial charge is 0.339 e. The van der Waals surface area contributed by atoms with Gasteiger partial charge in [0.15, 0.2) is 0 Å². The molecule has 0 saturated heterocycles. The summed E-state index contributed by atoms with van der Waals surface area (Å²) in [7, 11) is 0. The Labute approximate surface area is 186 Å². The molecule has 2 N–H and O–H groups in total. The Bertz CT molecular complexity index is 846. The molecule has 32 heavy (non-hydrogen) atoms. The Hall–Kier alpha value is -3.68. The standard InChI is InChI=1S/C16H22O4.C8H6O4/c1-3-5-11-19-15(17)13-9-7-8-10-14(13)16(18)20-12-6-4-2;9-7(10)5-3-1-2-4-6(5)8(11)12/h7-10H,3-6,11-12H2,1-2H3;1-4H,(H,9,10)(H,11,12). The molecule has 0 fully saturated rings. The van der Waals surface area contributed by atoms with Crippen molar-refractivity contribution >= 4 is 23.9 Å². The lowest BCUT2D eigenvalue weighted by Crippen LogP contribution is -2.14. The zero-order valence-corrected chi connectivity index (χ0v) is 18.2. The number of hydrogen-bond acceptors (Lipinski definition) is 6. The second-order valence-corrected chi connectivity index (χ2v) is 6.68. The number of hydrogen-bond donors (Lipinski definition) is 2. The van der Waals surface area contributed by atoms with Gasteiger partial charge in [0.25, 0.3) is 0 Å². The van der Waals surface area contributed by atoms with Crippen LogP contribution in [0.25, 0.3) is 0 Å². The summed E-state index contributed by atoms with van der Waals surface area (Å²) in [6, 6.07) is 12.1. The van der Waals surface area contributed by atoms with Gasteiger partial charge in [-0.05, 0) is 37.1 Å². The van der Waals surface area contributed by atoms with E-state index >= 15 is 0 Å². The van der Waals surface area contributed by atoms with Crippen LogP contribution in [0, 0.1) is 0 Å². The molecule has 0 aliphatic heterocycles. The van der Waals surface area contributed by atoms with Crippen LogP contribution in [0.15, 0.2) is 48.5 Å².